The summed E-state index contributed by atoms with van der Waals surface area (Å²) in [6.07, 6.45) is 0. The average Bonchev–Trinajstić information content (AvgIpc) is 3.30. The monoisotopic (exact) mass is 473 g/mol. The molecule has 0 saturated carbocycles. The van der Waals surface area contributed by atoms with Crippen molar-refractivity contribution in [2.45, 2.75) is 13.5 Å². The molecule has 0 unspecified atom stereocenters. The highest BCUT2D eigenvalue weighted by Crippen LogP contribution is 2.34. The van der Waals surface area contributed by atoms with Crippen LogP contribution in [0.15, 0.2) is 54.9 Å². The van der Waals surface area contributed by atoms with Crippen molar-refractivity contribution >= 4 is 40.7 Å². The van der Waals surface area contributed by atoms with Crippen LogP contribution in [-0.2, 0) is 16.1 Å². The first-order valence-electron chi connectivity index (χ1n) is 10.5. The normalized spacial score (nSPS) is 19.6. The lowest BCUT2D eigenvalue weighted by Crippen LogP contribution is -2.33. The van der Waals surface area contributed by atoms with Gasteiger partial charge in [-0.1, -0.05) is 23.2 Å². The van der Waals surface area contributed by atoms with Gasteiger partial charge in [-0.3, -0.25) is 9.59 Å². The second kappa shape index (κ2) is 9.43. The molecule has 168 valence electrons. The van der Waals surface area contributed by atoms with Gasteiger partial charge in [0.1, 0.15) is 6.61 Å². The molecule has 0 spiro atoms. The summed E-state index contributed by atoms with van der Waals surface area (Å²) in [6.45, 7) is 8.94. The molecule has 0 radical (unpaired) electrons. The fourth-order valence-electron chi connectivity index (χ4n) is 4.40. The number of carbonyl (C=O) groups is 2. The number of rotatable bonds is 6. The van der Waals surface area contributed by atoms with Crippen molar-refractivity contribution in [3.05, 3.63) is 76.1 Å². The Morgan fingerprint density at radius 3 is 2.12 bits per heavy atom. The standard InChI is InChI=1S/C24H25Cl2N3O3/c1-15(30)27-23-5-3-18(4-6-23)24(31)29-12-19-10-28(11-20(19)13-29)16(2)32-14-17-7-21(25)9-22(26)8-17/h3-9,19-20H,2,10-14H2,1H3,(H,27,30)/t19-,20+. The number of benzene rings is 2. The van der Waals surface area contributed by atoms with Crippen molar-refractivity contribution in [2.75, 3.05) is 31.5 Å². The molecular weight excluding hydrogens is 449 g/mol. The Hall–Kier alpha value is -2.70. The number of hydrogen-bond donors (Lipinski definition) is 1. The molecule has 1 N–H and O–H groups in total. The van der Waals surface area contributed by atoms with Gasteiger partial charge < -0.3 is 19.9 Å². The van der Waals surface area contributed by atoms with E-state index in [9.17, 15) is 9.59 Å². The zero-order chi connectivity index (χ0) is 22.8. The summed E-state index contributed by atoms with van der Waals surface area (Å²) in [5, 5.41) is 3.86. The van der Waals surface area contributed by atoms with Crippen molar-refractivity contribution < 1.29 is 14.3 Å². The molecule has 2 saturated heterocycles. The van der Waals surface area contributed by atoms with Crippen molar-refractivity contribution in [3.63, 3.8) is 0 Å². The first kappa shape index (κ1) is 22.5. The maximum atomic E-state index is 12.9. The van der Waals surface area contributed by atoms with Gasteiger partial charge >= 0.3 is 0 Å². The Labute approximate surface area is 197 Å². The van der Waals surface area contributed by atoms with E-state index in [1.807, 2.05) is 17.0 Å². The van der Waals surface area contributed by atoms with Crippen molar-refractivity contribution in [2.24, 2.45) is 11.8 Å². The topological polar surface area (TPSA) is 61.9 Å². The summed E-state index contributed by atoms with van der Waals surface area (Å²) in [6, 6.07) is 12.4. The van der Waals surface area contributed by atoms with E-state index < -0.39 is 0 Å². The third-order valence-corrected chi connectivity index (χ3v) is 6.34. The summed E-state index contributed by atoms with van der Waals surface area (Å²) in [4.78, 5) is 28.1. The van der Waals surface area contributed by atoms with Gasteiger partial charge in [0, 0.05) is 66.2 Å². The lowest BCUT2D eigenvalue weighted by molar-refractivity contribution is -0.114. The average molecular weight is 474 g/mol. The quantitative estimate of drug-likeness (QED) is 0.620. The number of amides is 2. The van der Waals surface area contributed by atoms with Crippen LogP contribution >= 0.6 is 23.2 Å². The number of anilines is 1. The number of halogens is 2. The van der Waals surface area contributed by atoms with E-state index in [0.29, 0.717) is 58.7 Å². The molecule has 2 heterocycles. The number of nitrogens with zero attached hydrogens (tertiary/aromatic N) is 2. The van der Waals surface area contributed by atoms with E-state index in [2.05, 4.69) is 16.8 Å². The van der Waals surface area contributed by atoms with Gasteiger partial charge in [0.25, 0.3) is 5.91 Å². The van der Waals surface area contributed by atoms with Crippen molar-refractivity contribution in [1.29, 1.82) is 0 Å². The van der Waals surface area contributed by atoms with Crippen LogP contribution in [0.25, 0.3) is 0 Å². The smallest absolute Gasteiger partial charge is 0.253 e. The van der Waals surface area contributed by atoms with E-state index in [1.54, 1.807) is 30.3 Å². The molecule has 0 bridgehead atoms. The minimum absolute atomic E-state index is 0.0215. The molecule has 0 aliphatic carbocycles. The number of ether oxygens (including phenoxy) is 1. The second-order valence-corrected chi connectivity index (χ2v) is 9.23. The SMILES string of the molecule is C=C(OCc1cc(Cl)cc(Cl)c1)N1C[C@@H]2CN(C(=O)c3ccc(NC(C)=O)cc3)C[C@@H]2C1. The number of carbonyl (C=O) groups excluding carboxylic acids is 2. The fraction of sp³-hybridized carbons (Fsp3) is 0.333. The molecule has 6 nitrogen and oxygen atoms in total. The highest BCUT2D eigenvalue weighted by Gasteiger charge is 2.42. The molecule has 32 heavy (non-hydrogen) atoms. The Balaban J connectivity index is 1.28. The summed E-state index contributed by atoms with van der Waals surface area (Å²) in [7, 11) is 0. The maximum Gasteiger partial charge on any atom is 0.253 e. The highest BCUT2D eigenvalue weighted by molar-refractivity contribution is 6.34. The van der Waals surface area contributed by atoms with Gasteiger partial charge in [-0.25, -0.2) is 0 Å². The van der Waals surface area contributed by atoms with E-state index in [4.69, 9.17) is 27.9 Å². The predicted molar refractivity (Wildman–Crippen MR) is 126 cm³/mol. The lowest BCUT2D eigenvalue weighted by Gasteiger charge is -2.24. The summed E-state index contributed by atoms with van der Waals surface area (Å²) in [5.74, 6) is 1.29. The molecular formula is C24H25Cl2N3O3. The van der Waals surface area contributed by atoms with Crippen LogP contribution in [0.1, 0.15) is 22.8 Å². The number of hydrogen-bond acceptors (Lipinski definition) is 4. The van der Waals surface area contributed by atoms with Crippen molar-refractivity contribution in [1.82, 2.24) is 9.80 Å². The van der Waals surface area contributed by atoms with Crippen LogP contribution in [0.4, 0.5) is 5.69 Å². The Morgan fingerprint density at radius 1 is 1.00 bits per heavy atom. The predicted octanol–water partition coefficient (Wildman–Crippen LogP) is 4.64. The van der Waals surface area contributed by atoms with Crippen LogP contribution in [-0.4, -0.2) is 47.8 Å². The van der Waals surface area contributed by atoms with Gasteiger partial charge in [-0.15, -0.1) is 0 Å². The number of likely N-dealkylation sites (tertiary alicyclic amines) is 2. The maximum absolute atomic E-state index is 12.9. The summed E-state index contributed by atoms with van der Waals surface area (Å²) in [5.41, 5.74) is 2.20. The van der Waals surface area contributed by atoms with Crippen molar-refractivity contribution in [3.8, 4) is 0 Å². The zero-order valence-electron chi connectivity index (χ0n) is 17.8. The molecule has 2 atom stereocenters. The zero-order valence-corrected chi connectivity index (χ0v) is 19.3. The third-order valence-electron chi connectivity index (χ3n) is 5.91. The van der Waals surface area contributed by atoms with Crippen LogP contribution in [0, 0.1) is 11.8 Å². The van der Waals surface area contributed by atoms with Crippen LogP contribution in [0.5, 0.6) is 0 Å². The molecule has 2 amide bonds. The minimum Gasteiger partial charge on any atom is -0.475 e. The van der Waals surface area contributed by atoms with Crippen LogP contribution in [0.2, 0.25) is 10.0 Å². The van der Waals surface area contributed by atoms with Crippen LogP contribution < -0.4 is 5.32 Å². The van der Waals surface area contributed by atoms with Gasteiger partial charge in [0.05, 0.1) is 0 Å². The van der Waals surface area contributed by atoms with Gasteiger partial charge in [-0.05, 0) is 54.6 Å². The molecule has 2 aliphatic heterocycles. The third kappa shape index (κ3) is 5.19. The number of fused-ring (bicyclic) bond motifs is 1. The Bertz CT molecular complexity index is 1010. The number of nitrogens with one attached hydrogen (secondary N) is 1. The Kier molecular flexibility index (Phi) is 6.63. The molecule has 2 aliphatic rings. The Morgan fingerprint density at radius 2 is 1.56 bits per heavy atom. The van der Waals surface area contributed by atoms with E-state index in [-0.39, 0.29) is 11.8 Å². The van der Waals surface area contributed by atoms with Gasteiger partial charge in [0.2, 0.25) is 5.91 Å². The first-order chi connectivity index (χ1) is 15.3. The molecule has 2 aromatic carbocycles. The second-order valence-electron chi connectivity index (χ2n) is 8.35. The molecule has 2 fully saturated rings. The molecule has 2 aromatic rings. The lowest BCUT2D eigenvalue weighted by atomic mass is 10.0. The fourth-order valence-corrected chi connectivity index (χ4v) is 4.97. The van der Waals surface area contributed by atoms with Gasteiger partial charge in [0.15, 0.2) is 5.88 Å². The largest absolute Gasteiger partial charge is 0.475 e. The highest BCUT2D eigenvalue weighted by atomic mass is 35.5. The first-order valence-corrected chi connectivity index (χ1v) is 11.2. The van der Waals surface area contributed by atoms with E-state index in [1.165, 1.54) is 6.92 Å². The summed E-state index contributed by atoms with van der Waals surface area (Å²) < 4.78 is 5.87. The minimum atomic E-state index is -0.136. The van der Waals surface area contributed by atoms with Gasteiger partial charge in [-0.2, -0.15) is 0 Å². The van der Waals surface area contributed by atoms with E-state index >= 15 is 0 Å². The summed E-state index contributed by atoms with van der Waals surface area (Å²) >= 11 is 12.1. The molecule has 0 aromatic heterocycles. The van der Waals surface area contributed by atoms with E-state index in [0.717, 1.165) is 18.7 Å². The molecule has 4 rings (SSSR count). The molecule has 8 heteroatoms. The van der Waals surface area contributed by atoms with Crippen LogP contribution in [0.3, 0.4) is 0 Å².